The van der Waals surface area contributed by atoms with Gasteiger partial charge in [0.2, 0.25) is 0 Å². The topological polar surface area (TPSA) is 77.8 Å². The average molecular weight is 578 g/mol. The van der Waals surface area contributed by atoms with Crippen LogP contribution >= 0.6 is 0 Å². The fraction of sp³-hybridized carbons (Fsp3) is 0.294. The molecule has 0 spiro atoms. The molecule has 0 aromatic heterocycles. The molecule has 3 aromatic carbocycles. The highest BCUT2D eigenvalue weighted by Crippen LogP contribution is 2.30. The van der Waals surface area contributed by atoms with Gasteiger partial charge in [-0.1, -0.05) is 75.1 Å². The van der Waals surface area contributed by atoms with E-state index in [1.165, 1.54) is 73.4 Å². The predicted molar refractivity (Wildman–Crippen MR) is 158 cm³/mol. The summed E-state index contributed by atoms with van der Waals surface area (Å²) in [4.78, 5) is 26.2. The fourth-order valence-electron chi connectivity index (χ4n) is 4.27. The maximum atomic E-state index is 13.3. The zero-order chi connectivity index (χ0) is 30.5. The summed E-state index contributed by atoms with van der Waals surface area (Å²) in [5, 5.41) is 19.4. The van der Waals surface area contributed by atoms with Crippen molar-refractivity contribution in [3.63, 3.8) is 0 Å². The Balaban J connectivity index is 1.78. The van der Waals surface area contributed by atoms with E-state index < -0.39 is 29.4 Å². The molecule has 0 fully saturated rings. The van der Waals surface area contributed by atoms with E-state index in [1.807, 2.05) is 24.3 Å². The quantitative estimate of drug-likeness (QED) is 0.129. The molecule has 3 rings (SSSR count). The molecule has 0 unspecified atom stereocenters. The van der Waals surface area contributed by atoms with E-state index in [1.54, 1.807) is 0 Å². The van der Waals surface area contributed by atoms with Crippen molar-refractivity contribution in [2.45, 2.75) is 64.6 Å². The lowest BCUT2D eigenvalue weighted by atomic mass is 10.1. The number of phenols is 1. The van der Waals surface area contributed by atoms with Crippen molar-refractivity contribution in [1.82, 2.24) is 0 Å². The normalized spacial score (nSPS) is 11.2. The number of alkyl halides is 3. The van der Waals surface area contributed by atoms with Crippen LogP contribution in [0.15, 0.2) is 72.8 Å². The Bertz CT molecular complexity index is 1450. The maximum absolute atomic E-state index is 13.3. The Kier molecular flexibility index (Phi) is 11.8. The minimum absolute atomic E-state index is 0.0427. The van der Waals surface area contributed by atoms with Gasteiger partial charge in [-0.05, 0) is 66.1 Å². The molecule has 2 N–H and O–H groups in total. The van der Waals surface area contributed by atoms with Crippen molar-refractivity contribution in [3.8, 4) is 17.6 Å². The molecule has 3 aromatic rings. The van der Waals surface area contributed by atoms with Gasteiger partial charge in [0.25, 0.3) is 5.91 Å². The molecule has 0 bridgehead atoms. The number of carbonyl (C=O) groups is 2. The lowest BCUT2D eigenvalue weighted by Gasteiger charge is -2.22. The second-order valence-corrected chi connectivity index (χ2v) is 9.90. The maximum Gasteiger partial charge on any atom is 0.416 e. The number of aromatic carboxylic acids is 1. The zero-order valence-corrected chi connectivity index (χ0v) is 23.5. The van der Waals surface area contributed by atoms with E-state index in [2.05, 4.69) is 18.8 Å². The fourth-order valence-corrected chi connectivity index (χ4v) is 4.27. The van der Waals surface area contributed by atoms with Crippen molar-refractivity contribution in [1.29, 1.82) is 0 Å². The van der Waals surface area contributed by atoms with Crippen LogP contribution in [0.3, 0.4) is 0 Å². The van der Waals surface area contributed by atoms with Crippen LogP contribution in [0, 0.1) is 11.8 Å². The first-order valence-corrected chi connectivity index (χ1v) is 13.9. The molecule has 0 radical (unpaired) electrons. The van der Waals surface area contributed by atoms with E-state index in [9.17, 15) is 33.0 Å². The zero-order valence-electron chi connectivity index (χ0n) is 23.5. The summed E-state index contributed by atoms with van der Waals surface area (Å²) in [6, 6.07) is 15.6. The third kappa shape index (κ3) is 9.84. The third-order valence-corrected chi connectivity index (χ3v) is 6.60. The van der Waals surface area contributed by atoms with Crippen LogP contribution in [0.5, 0.6) is 5.75 Å². The largest absolute Gasteiger partial charge is 0.507 e. The number of carboxylic acid groups (broad SMARTS) is 1. The van der Waals surface area contributed by atoms with Crippen LogP contribution in [-0.4, -0.2) is 22.1 Å². The first kappa shape index (κ1) is 32.0. The molecule has 0 saturated carbocycles. The molecule has 8 heteroatoms. The van der Waals surface area contributed by atoms with Gasteiger partial charge in [0.15, 0.2) is 0 Å². The monoisotopic (exact) mass is 577 g/mol. The molecule has 0 saturated heterocycles. The molecule has 42 heavy (non-hydrogen) atoms. The summed E-state index contributed by atoms with van der Waals surface area (Å²) >= 11 is 0. The summed E-state index contributed by atoms with van der Waals surface area (Å²) in [6.45, 7) is 2.23. The van der Waals surface area contributed by atoms with Crippen LogP contribution in [-0.2, 0) is 17.5 Å². The number of halogens is 3. The standard InChI is InChI=1S/C34H34F3NO4/c1-2-3-4-5-6-7-8-9-11-25-14-16-27(17-15-25)24-38(29-19-20-31(39)30(23-29)33(41)42)32(40)21-18-26-12-10-13-28(22-26)34(35,36)37/h10,12-23,39H,2-8,24H2,1H3,(H,41,42). The highest BCUT2D eigenvalue weighted by atomic mass is 19.4. The smallest absolute Gasteiger partial charge is 0.416 e. The van der Waals surface area contributed by atoms with Crippen LogP contribution in [0.4, 0.5) is 18.9 Å². The van der Waals surface area contributed by atoms with Crippen LogP contribution < -0.4 is 4.90 Å². The molecule has 5 nitrogen and oxygen atoms in total. The van der Waals surface area contributed by atoms with Crippen molar-refractivity contribution >= 4 is 23.6 Å². The Morgan fingerprint density at radius 1 is 0.929 bits per heavy atom. The average Bonchev–Trinajstić information content (AvgIpc) is 2.96. The lowest BCUT2D eigenvalue weighted by molar-refractivity contribution is -0.137. The van der Waals surface area contributed by atoms with E-state index in [-0.39, 0.29) is 23.4 Å². The second kappa shape index (κ2) is 15.5. The van der Waals surface area contributed by atoms with Crippen molar-refractivity contribution in [3.05, 3.63) is 101 Å². The molecule has 0 aliphatic carbocycles. The number of aromatic hydroxyl groups is 1. The van der Waals surface area contributed by atoms with E-state index in [4.69, 9.17) is 0 Å². The number of hydrogen-bond donors (Lipinski definition) is 2. The van der Waals surface area contributed by atoms with Crippen LogP contribution in [0.25, 0.3) is 6.08 Å². The number of rotatable bonds is 12. The summed E-state index contributed by atoms with van der Waals surface area (Å²) in [7, 11) is 0. The molecular weight excluding hydrogens is 543 g/mol. The molecule has 0 atom stereocenters. The number of hydrogen-bond acceptors (Lipinski definition) is 3. The Morgan fingerprint density at radius 2 is 1.64 bits per heavy atom. The highest BCUT2D eigenvalue weighted by Gasteiger charge is 2.30. The number of anilines is 1. The number of carboxylic acids is 1. The summed E-state index contributed by atoms with van der Waals surface area (Å²) in [5.74, 6) is 3.93. The van der Waals surface area contributed by atoms with Crippen molar-refractivity contribution in [2.75, 3.05) is 4.90 Å². The Morgan fingerprint density at radius 3 is 2.33 bits per heavy atom. The number of benzene rings is 3. The second-order valence-electron chi connectivity index (χ2n) is 9.90. The van der Waals surface area contributed by atoms with Crippen LogP contribution in [0.2, 0.25) is 0 Å². The van der Waals surface area contributed by atoms with E-state index in [0.717, 1.165) is 42.2 Å². The molecule has 220 valence electrons. The van der Waals surface area contributed by atoms with Gasteiger partial charge < -0.3 is 15.1 Å². The van der Waals surface area contributed by atoms with Gasteiger partial charge in [-0.3, -0.25) is 4.79 Å². The van der Waals surface area contributed by atoms with Gasteiger partial charge in [-0.25, -0.2) is 4.79 Å². The number of carbonyl (C=O) groups excluding carboxylic acids is 1. The predicted octanol–water partition coefficient (Wildman–Crippen LogP) is 8.46. The Hall–Kier alpha value is -4.51. The summed E-state index contributed by atoms with van der Waals surface area (Å²) < 4.78 is 39.3. The van der Waals surface area contributed by atoms with Gasteiger partial charge >= 0.3 is 12.1 Å². The van der Waals surface area contributed by atoms with Gasteiger partial charge in [0.1, 0.15) is 11.3 Å². The van der Waals surface area contributed by atoms with Gasteiger partial charge in [0.05, 0.1) is 12.1 Å². The lowest BCUT2D eigenvalue weighted by Crippen LogP contribution is -2.29. The number of nitrogens with zero attached hydrogens (tertiary/aromatic N) is 1. The molecule has 0 heterocycles. The minimum atomic E-state index is -4.52. The van der Waals surface area contributed by atoms with E-state index in [0.29, 0.717) is 0 Å². The van der Waals surface area contributed by atoms with Crippen LogP contribution in [0.1, 0.15) is 84.5 Å². The SMILES string of the molecule is CCCCCCCCC#Cc1ccc(CN(C(=O)C=Cc2cccc(C(F)(F)F)c2)c2ccc(O)c(C(=O)O)c2)cc1. The van der Waals surface area contributed by atoms with Crippen molar-refractivity contribution < 1.29 is 33.0 Å². The first-order valence-electron chi connectivity index (χ1n) is 13.9. The summed E-state index contributed by atoms with van der Waals surface area (Å²) in [6.07, 6.45) is 5.89. The molecule has 0 aliphatic heterocycles. The number of amides is 1. The first-order chi connectivity index (χ1) is 20.1. The third-order valence-electron chi connectivity index (χ3n) is 6.60. The number of unbranched alkanes of at least 4 members (excludes halogenated alkanes) is 6. The van der Waals surface area contributed by atoms with E-state index >= 15 is 0 Å². The highest BCUT2D eigenvalue weighted by molar-refractivity contribution is 6.04. The Labute approximate surface area is 244 Å². The minimum Gasteiger partial charge on any atom is -0.507 e. The van der Waals surface area contributed by atoms with Gasteiger partial charge in [0, 0.05) is 23.7 Å². The summed E-state index contributed by atoms with van der Waals surface area (Å²) in [5.41, 5.74) is 0.703. The molecule has 1 amide bonds. The molecule has 0 aliphatic rings. The van der Waals surface area contributed by atoms with Gasteiger partial charge in [-0.15, -0.1) is 0 Å². The molecular formula is C34H34F3NO4. The van der Waals surface area contributed by atoms with Gasteiger partial charge in [-0.2, -0.15) is 13.2 Å². The van der Waals surface area contributed by atoms with Crippen molar-refractivity contribution in [2.24, 2.45) is 0 Å².